The third kappa shape index (κ3) is 3.80. The molecule has 4 aromatic rings. The first-order chi connectivity index (χ1) is 16.5. The summed E-state index contributed by atoms with van der Waals surface area (Å²) in [6, 6.07) is 25.6. The summed E-state index contributed by atoms with van der Waals surface area (Å²) < 4.78 is 1.47. The van der Waals surface area contributed by atoms with E-state index in [0.717, 1.165) is 10.5 Å². The minimum absolute atomic E-state index is 0.00966. The molecule has 0 saturated heterocycles. The molecule has 1 aromatic heterocycles. The molecule has 5 rings (SSSR count). The number of nitrogens with zero attached hydrogens (tertiary/aromatic N) is 2. The Kier molecular flexibility index (Phi) is 5.35. The van der Waals surface area contributed by atoms with Gasteiger partial charge in [0.15, 0.2) is 0 Å². The van der Waals surface area contributed by atoms with Gasteiger partial charge in [-0.15, -0.1) is 0 Å². The van der Waals surface area contributed by atoms with E-state index in [1.165, 1.54) is 16.7 Å². The van der Waals surface area contributed by atoms with Gasteiger partial charge in [-0.2, -0.15) is 0 Å². The lowest BCUT2D eigenvalue weighted by molar-refractivity contribution is 0.0925. The van der Waals surface area contributed by atoms with E-state index < -0.39 is 23.3 Å². The lowest BCUT2D eigenvalue weighted by atomic mass is 10.1. The van der Waals surface area contributed by atoms with E-state index in [-0.39, 0.29) is 5.56 Å². The number of benzene rings is 3. The van der Waals surface area contributed by atoms with Crippen molar-refractivity contribution in [2.24, 2.45) is 0 Å². The molecule has 0 atom stereocenters. The van der Waals surface area contributed by atoms with Crippen molar-refractivity contribution in [3.63, 3.8) is 0 Å². The van der Waals surface area contributed by atoms with Crippen LogP contribution in [0.2, 0.25) is 0 Å². The number of fused-ring (bicyclic) bond motifs is 1. The Morgan fingerprint density at radius 3 is 2.12 bits per heavy atom. The number of amides is 3. The zero-order chi connectivity index (χ0) is 23.7. The van der Waals surface area contributed by atoms with Crippen LogP contribution in [-0.4, -0.2) is 22.3 Å². The average Bonchev–Trinajstić information content (AvgIpc) is 3.11. The van der Waals surface area contributed by atoms with E-state index >= 15 is 0 Å². The molecule has 0 spiro atoms. The van der Waals surface area contributed by atoms with E-state index in [0.29, 0.717) is 29.0 Å². The van der Waals surface area contributed by atoms with Crippen molar-refractivity contribution in [2.75, 3.05) is 10.2 Å². The highest BCUT2D eigenvalue weighted by molar-refractivity contribution is 6.34. The summed E-state index contributed by atoms with van der Waals surface area (Å²) in [6.07, 6.45) is 1.63. The summed E-state index contributed by atoms with van der Waals surface area (Å²) in [5, 5.41) is 2.70. The number of hydrogen-bond acceptors (Lipinski definition) is 4. The van der Waals surface area contributed by atoms with Gasteiger partial charge >= 0.3 is 0 Å². The van der Waals surface area contributed by atoms with E-state index in [2.05, 4.69) is 5.32 Å². The highest BCUT2D eigenvalue weighted by atomic mass is 16.2. The topological polar surface area (TPSA) is 88.5 Å². The van der Waals surface area contributed by atoms with Crippen LogP contribution < -0.4 is 15.8 Å². The molecule has 1 aliphatic heterocycles. The summed E-state index contributed by atoms with van der Waals surface area (Å²) in [6.45, 7) is 0.343. The Balaban J connectivity index is 1.38. The molecule has 2 heterocycles. The normalized spacial score (nSPS) is 12.5. The summed E-state index contributed by atoms with van der Waals surface area (Å²) in [5.74, 6) is -1.42. The molecule has 0 bridgehead atoms. The third-order valence-electron chi connectivity index (χ3n) is 5.62. The number of carbonyl (C=O) groups excluding carboxylic acids is 3. The van der Waals surface area contributed by atoms with E-state index in [4.69, 9.17) is 0 Å². The third-order valence-corrected chi connectivity index (χ3v) is 5.62. The monoisotopic (exact) mass is 449 g/mol. The Morgan fingerprint density at radius 2 is 1.41 bits per heavy atom. The fourth-order valence-electron chi connectivity index (χ4n) is 3.96. The Hall–Kier alpha value is -4.78. The second-order valence-corrected chi connectivity index (χ2v) is 7.84. The van der Waals surface area contributed by atoms with Gasteiger partial charge in [-0.25, -0.2) is 4.90 Å². The molecule has 166 valence electrons. The van der Waals surface area contributed by atoms with Gasteiger partial charge in [0, 0.05) is 11.9 Å². The first-order valence-corrected chi connectivity index (χ1v) is 10.7. The molecule has 3 amide bonds. The number of aromatic nitrogens is 1. The van der Waals surface area contributed by atoms with Gasteiger partial charge in [-0.05, 0) is 48.0 Å². The maximum Gasteiger partial charge on any atom is 0.266 e. The van der Waals surface area contributed by atoms with Crippen LogP contribution in [0, 0.1) is 0 Å². The predicted octanol–water partition coefficient (Wildman–Crippen LogP) is 3.95. The number of rotatable bonds is 5. The maximum atomic E-state index is 12.9. The highest BCUT2D eigenvalue weighted by Crippen LogP contribution is 2.29. The summed E-state index contributed by atoms with van der Waals surface area (Å²) >= 11 is 0. The minimum Gasteiger partial charge on any atom is -0.322 e. The molecule has 1 aliphatic rings. The van der Waals surface area contributed by atoms with Crippen molar-refractivity contribution >= 4 is 29.1 Å². The molecule has 7 heteroatoms. The molecule has 7 nitrogen and oxygen atoms in total. The zero-order valence-electron chi connectivity index (χ0n) is 18.0. The van der Waals surface area contributed by atoms with E-state index in [9.17, 15) is 19.2 Å². The summed E-state index contributed by atoms with van der Waals surface area (Å²) in [7, 11) is 0. The standard InChI is InChI=1S/C27H19N3O4/c31-24(23-14-7-15-29(25(23)32)17-18-8-2-1-3-9-18)28-19-10-6-11-20(16-19)30-26(33)21-12-4-5-13-22(21)27(30)34/h1-16H,17H2,(H,28,31). The summed E-state index contributed by atoms with van der Waals surface area (Å²) in [4.78, 5) is 52.4. The molecule has 0 radical (unpaired) electrons. The lowest BCUT2D eigenvalue weighted by Crippen LogP contribution is -2.30. The van der Waals surface area contributed by atoms with Gasteiger partial charge < -0.3 is 9.88 Å². The Bertz CT molecular complexity index is 1460. The van der Waals surface area contributed by atoms with Crippen LogP contribution in [0.4, 0.5) is 11.4 Å². The number of imide groups is 1. The Labute approximate surface area is 194 Å². The second-order valence-electron chi connectivity index (χ2n) is 7.84. The van der Waals surface area contributed by atoms with Crippen LogP contribution >= 0.6 is 0 Å². The van der Waals surface area contributed by atoms with Crippen LogP contribution in [0.1, 0.15) is 36.6 Å². The second kappa shape index (κ2) is 8.63. The largest absolute Gasteiger partial charge is 0.322 e. The number of anilines is 2. The Morgan fingerprint density at radius 1 is 0.735 bits per heavy atom. The SMILES string of the molecule is O=C(Nc1cccc(N2C(=O)c3ccccc3C2=O)c1)c1cccn(Cc2ccccc2)c1=O. The van der Waals surface area contributed by atoms with Crippen molar-refractivity contribution in [3.05, 3.63) is 130 Å². The maximum absolute atomic E-state index is 12.9. The van der Waals surface area contributed by atoms with Gasteiger partial charge in [0.25, 0.3) is 23.3 Å². The van der Waals surface area contributed by atoms with Crippen molar-refractivity contribution in [1.29, 1.82) is 0 Å². The van der Waals surface area contributed by atoms with Crippen LogP contribution in [0.5, 0.6) is 0 Å². The van der Waals surface area contributed by atoms with Crippen molar-refractivity contribution in [3.8, 4) is 0 Å². The van der Waals surface area contributed by atoms with Crippen LogP contribution in [0.15, 0.2) is 102 Å². The van der Waals surface area contributed by atoms with Gasteiger partial charge in [0.1, 0.15) is 5.56 Å². The average molecular weight is 449 g/mol. The quantitative estimate of drug-likeness (QED) is 0.468. The van der Waals surface area contributed by atoms with Gasteiger partial charge in [-0.1, -0.05) is 48.5 Å². The van der Waals surface area contributed by atoms with Crippen LogP contribution in [0.3, 0.4) is 0 Å². The minimum atomic E-state index is -0.577. The molecular weight excluding hydrogens is 430 g/mol. The van der Waals surface area contributed by atoms with Crippen LogP contribution in [0.25, 0.3) is 0 Å². The van der Waals surface area contributed by atoms with E-state index in [1.54, 1.807) is 54.7 Å². The highest BCUT2D eigenvalue weighted by Gasteiger charge is 2.36. The molecule has 3 aromatic carbocycles. The molecule has 0 fully saturated rings. The summed E-state index contributed by atoms with van der Waals surface area (Å²) in [5.41, 5.74) is 1.88. The molecule has 1 N–H and O–H groups in total. The zero-order valence-corrected chi connectivity index (χ0v) is 18.0. The number of hydrogen-bond donors (Lipinski definition) is 1. The van der Waals surface area contributed by atoms with E-state index in [1.807, 2.05) is 30.3 Å². The molecule has 0 saturated carbocycles. The number of pyridine rings is 1. The van der Waals surface area contributed by atoms with Crippen molar-refractivity contribution < 1.29 is 14.4 Å². The fraction of sp³-hybridized carbons (Fsp3) is 0.0370. The van der Waals surface area contributed by atoms with Crippen molar-refractivity contribution in [1.82, 2.24) is 4.57 Å². The smallest absolute Gasteiger partial charge is 0.266 e. The predicted molar refractivity (Wildman–Crippen MR) is 128 cm³/mol. The molecule has 0 unspecified atom stereocenters. The molecule has 0 aliphatic carbocycles. The van der Waals surface area contributed by atoms with Gasteiger partial charge in [0.2, 0.25) is 0 Å². The van der Waals surface area contributed by atoms with Crippen molar-refractivity contribution in [2.45, 2.75) is 6.54 Å². The molecule has 34 heavy (non-hydrogen) atoms. The number of carbonyl (C=O) groups is 3. The van der Waals surface area contributed by atoms with Gasteiger partial charge in [-0.3, -0.25) is 19.2 Å². The first kappa shape index (κ1) is 21.1. The first-order valence-electron chi connectivity index (χ1n) is 10.7. The van der Waals surface area contributed by atoms with Crippen LogP contribution in [-0.2, 0) is 6.54 Å². The number of nitrogens with one attached hydrogen (secondary N) is 1. The molecular formula is C27H19N3O4. The lowest BCUT2D eigenvalue weighted by Gasteiger charge is -2.15. The fourth-order valence-corrected chi connectivity index (χ4v) is 3.96. The van der Waals surface area contributed by atoms with Gasteiger partial charge in [0.05, 0.1) is 23.4 Å².